The molecule has 0 fully saturated rings. The fourth-order valence-corrected chi connectivity index (χ4v) is 2.53. The molecule has 2 aromatic rings. The maximum atomic E-state index is 5.73. The van der Waals surface area contributed by atoms with E-state index < -0.39 is 0 Å². The van der Waals surface area contributed by atoms with Crippen molar-refractivity contribution in [3.8, 4) is 11.5 Å². The van der Waals surface area contributed by atoms with E-state index in [0.29, 0.717) is 11.5 Å². The molecule has 3 rings (SSSR count). The third-order valence-electron chi connectivity index (χ3n) is 3.23. The largest absolute Gasteiger partial charge is 0.454 e. The van der Waals surface area contributed by atoms with Crippen molar-refractivity contribution in [1.29, 1.82) is 0 Å². The number of rotatable bonds is 2. The van der Waals surface area contributed by atoms with E-state index in [1.165, 1.54) is 0 Å². The Balaban J connectivity index is 2.26. The number of thiocarbonyl (C=S) groups is 1. The summed E-state index contributed by atoms with van der Waals surface area (Å²) in [5.74, 6) is 2.42. The molecule has 0 saturated carbocycles. The fourth-order valence-electron chi connectivity index (χ4n) is 2.40. The molecule has 0 atom stereocenters. The van der Waals surface area contributed by atoms with Crippen molar-refractivity contribution in [1.82, 2.24) is 9.55 Å². The number of nitrogens with zero attached hydrogens (tertiary/aromatic N) is 2. The molecule has 1 aromatic carbocycles. The summed E-state index contributed by atoms with van der Waals surface area (Å²) >= 11 is 5.06. The van der Waals surface area contributed by atoms with Crippen molar-refractivity contribution in [2.45, 2.75) is 32.7 Å². The van der Waals surface area contributed by atoms with Crippen LogP contribution in [-0.2, 0) is 12.0 Å². The molecule has 0 saturated heterocycles. The van der Waals surface area contributed by atoms with Gasteiger partial charge in [0.1, 0.15) is 5.82 Å². The first-order valence-corrected chi connectivity index (χ1v) is 6.86. The Morgan fingerprint density at radius 1 is 1.35 bits per heavy atom. The Hall–Kier alpha value is -1.82. The smallest absolute Gasteiger partial charge is 0.231 e. The third kappa shape index (κ3) is 2.10. The predicted octanol–water partition coefficient (Wildman–Crippen LogP) is 2.35. The summed E-state index contributed by atoms with van der Waals surface area (Å²) in [4.78, 5) is 5.16. The van der Waals surface area contributed by atoms with Crippen molar-refractivity contribution in [3.05, 3.63) is 18.0 Å². The standard InChI is InChI=1S/C14H17N3O2S/c1-14(2,3)13-16-8-4-10-11(19-7-18-10)5-9(8)17(13)6-12(15)20/h4-5H,6-7H2,1-3H3,(H2,15,20). The molecular formula is C14H17N3O2S. The van der Waals surface area contributed by atoms with Crippen LogP contribution >= 0.6 is 12.2 Å². The van der Waals surface area contributed by atoms with Crippen LogP contribution in [0.4, 0.5) is 0 Å². The third-order valence-corrected chi connectivity index (χ3v) is 3.36. The van der Waals surface area contributed by atoms with Gasteiger partial charge in [-0.3, -0.25) is 0 Å². The van der Waals surface area contributed by atoms with E-state index in [9.17, 15) is 0 Å². The molecular weight excluding hydrogens is 274 g/mol. The summed E-state index contributed by atoms with van der Waals surface area (Å²) in [7, 11) is 0. The number of hydrogen-bond donors (Lipinski definition) is 1. The highest BCUT2D eigenvalue weighted by Gasteiger charge is 2.25. The van der Waals surface area contributed by atoms with Crippen LogP contribution in [0, 0.1) is 0 Å². The first kappa shape index (κ1) is 13.2. The van der Waals surface area contributed by atoms with E-state index in [1.807, 2.05) is 12.1 Å². The van der Waals surface area contributed by atoms with Gasteiger partial charge in [0, 0.05) is 17.5 Å². The van der Waals surface area contributed by atoms with Gasteiger partial charge in [-0.1, -0.05) is 33.0 Å². The molecule has 1 aromatic heterocycles. The summed E-state index contributed by atoms with van der Waals surface area (Å²) in [6.07, 6.45) is 0. The predicted molar refractivity (Wildman–Crippen MR) is 81.3 cm³/mol. The normalized spacial score (nSPS) is 13.9. The lowest BCUT2D eigenvalue weighted by atomic mass is 9.95. The van der Waals surface area contributed by atoms with Gasteiger partial charge in [0.15, 0.2) is 11.5 Å². The number of aromatic nitrogens is 2. The number of imidazole rings is 1. The molecule has 0 radical (unpaired) electrons. The topological polar surface area (TPSA) is 62.3 Å². The Kier molecular flexibility index (Phi) is 2.86. The second-order valence-electron chi connectivity index (χ2n) is 5.93. The molecule has 1 aliphatic heterocycles. The number of nitrogens with two attached hydrogens (primary N) is 1. The Morgan fingerprint density at radius 3 is 2.60 bits per heavy atom. The number of fused-ring (bicyclic) bond motifs is 2. The highest BCUT2D eigenvalue weighted by molar-refractivity contribution is 7.80. The van der Waals surface area contributed by atoms with Crippen molar-refractivity contribution in [2.24, 2.45) is 5.73 Å². The average Bonchev–Trinajstić information content (AvgIpc) is 2.89. The van der Waals surface area contributed by atoms with E-state index >= 15 is 0 Å². The minimum Gasteiger partial charge on any atom is -0.454 e. The number of ether oxygens (including phenoxy) is 2. The van der Waals surface area contributed by atoms with Crippen LogP contribution in [0.3, 0.4) is 0 Å². The Morgan fingerprint density at radius 2 is 2.00 bits per heavy atom. The van der Waals surface area contributed by atoms with Crippen LogP contribution in [0.5, 0.6) is 11.5 Å². The van der Waals surface area contributed by atoms with Gasteiger partial charge in [0.2, 0.25) is 6.79 Å². The summed E-state index contributed by atoms with van der Waals surface area (Å²) < 4.78 is 12.9. The molecule has 6 heteroatoms. The maximum absolute atomic E-state index is 5.73. The summed E-state index contributed by atoms with van der Waals surface area (Å²) in [5, 5.41) is 0. The van der Waals surface area contributed by atoms with Crippen LogP contribution in [0.1, 0.15) is 26.6 Å². The molecule has 5 nitrogen and oxygen atoms in total. The van der Waals surface area contributed by atoms with Crippen LogP contribution in [0.25, 0.3) is 11.0 Å². The molecule has 0 bridgehead atoms. The quantitative estimate of drug-likeness (QED) is 0.861. The first-order valence-electron chi connectivity index (χ1n) is 6.45. The lowest BCUT2D eigenvalue weighted by Crippen LogP contribution is -2.24. The molecule has 0 unspecified atom stereocenters. The van der Waals surface area contributed by atoms with Crippen LogP contribution in [-0.4, -0.2) is 21.3 Å². The van der Waals surface area contributed by atoms with Crippen LogP contribution < -0.4 is 15.2 Å². The summed E-state index contributed by atoms with van der Waals surface area (Å²) in [5.41, 5.74) is 7.46. The Labute approximate surface area is 122 Å². The SMILES string of the molecule is CC(C)(C)c1nc2cc3c(cc2n1CC(N)=S)OCO3. The number of hydrogen-bond acceptors (Lipinski definition) is 4. The van der Waals surface area contributed by atoms with Crippen molar-refractivity contribution >= 4 is 28.2 Å². The van der Waals surface area contributed by atoms with Gasteiger partial charge in [0.05, 0.1) is 22.6 Å². The van der Waals surface area contributed by atoms with Gasteiger partial charge in [-0.25, -0.2) is 4.98 Å². The Bertz CT molecular complexity index is 700. The van der Waals surface area contributed by atoms with Gasteiger partial charge >= 0.3 is 0 Å². The zero-order chi connectivity index (χ0) is 14.5. The minimum atomic E-state index is -0.101. The zero-order valence-corrected chi connectivity index (χ0v) is 12.6. The second-order valence-corrected chi connectivity index (χ2v) is 6.46. The number of benzene rings is 1. The van der Waals surface area contributed by atoms with Crippen LogP contribution in [0.2, 0.25) is 0 Å². The average molecular weight is 291 g/mol. The lowest BCUT2D eigenvalue weighted by molar-refractivity contribution is 0.174. The van der Waals surface area contributed by atoms with Gasteiger partial charge in [0.25, 0.3) is 0 Å². The first-order chi connectivity index (χ1) is 9.36. The molecule has 1 aliphatic rings. The minimum absolute atomic E-state index is 0.101. The maximum Gasteiger partial charge on any atom is 0.231 e. The molecule has 0 spiro atoms. The molecule has 2 N–H and O–H groups in total. The van der Waals surface area contributed by atoms with Gasteiger partial charge in [-0.2, -0.15) is 0 Å². The fraction of sp³-hybridized carbons (Fsp3) is 0.429. The highest BCUT2D eigenvalue weighted by Crippen LogP contribution is 2.37. The molecule has 2 heterocycles. The van der Waals surface area contributed by atoms with E-state index in [1.54, 1.807) is 0 Å². The molecule has 20 heavy (non-hydrogen) atoms. The van der Waals surface area contributed by atoms with Gasteiger partial charge in [-0.15, -0.1) is 0 Å². The molecule has 0 aliphatic carbocycles. The zero-order valence-electron chi connectivity index (χ0n) is 11.8. The highest BCUT2D eigenvalue weighted by atomic mass is 32.1. The van der Waals surface area contributed by atoms with Crippen LogP contribution in [0.15, 0.2) is 12.1 Å². The van der Waals surface area contributed by atoms with Crippen molar-refractivity contribution < 1.29 is 9.47 Å². The van der Waals surface area contributed by atoms with E-state index in [-0.39, 0.29) is 12.2 Å². The van der Waals surface area contributed by atoms with E-state index in [0.717, 1.165) is 28.4 Å². The van der Waals surface area contributed by atoms with Gasteiger partial charge in [-0.05, 0) is 0 Å². The summed E-state index contributed by atoms with van der Waals surface area (Å²) in [6.45, 7) is 7.07. The lowest BCUT2D eigenvalue weighted by Gasteiger charge is -2.19. The van der Waals surface area contributed by atoms with Crippen molar-refractivity contribution in [3.63, 3.8) is 0 Å². The van der Waals surface area contributed by atoms with Crippen molar-refractivity contribution in [2.75, 3.05) is 6.79 Å². The second kappa shape index (κ2) is 4.34. The van der Waals surface area contributed by atoms with Gasteiger partial charge < -0.3 is 19.8 Å². The summed E-state index contributed by atoms with van der Waals surface area (Å²) in [6, 6.07) is 3.85. The monoisotopic (exact) mass is 291 g/mol. The van der Waals surface area contributed by atoms with E-state index in [4.69, 9.17) is 32.4 Å². The molecule has 0 amide bonds. The van der Waals surface area contributed by atoms with E-state index in [2.05, 4.69) is 25.3 Å². The molecule has 106 valence electrons.